The lowest BCUT2D eigenvalue weighted by atomic mass is 9.99. The molecule has 0 saturated carbocycles. The van der Waals surface area contributed by atoms with Gasteiger partial charge in [-0.3, -0.25) is 4.79 Å². The van der Waals surface area contributed by atoms with Gasteiger partial charge in [-0.05, 0) is 18.1 Å². The fourth-order valence-electron chi connectivity index (χ4n) is 1.67. The zero-order valence-corrected chi connectivity index (χ0v) is 11.7. The third-order valence-corrected chi connectivity index (χ3v) is 3.97. The van der Waals surface area contributed by atoms with E-state index < -0.39 is 12.0 Å². The zero-order chi connectivity index (χ0) is 13.4. The first-order valence-corrected chi connectivity index (χ1v) is 7.27. The van der Waals surface area contributed by atoms with Gasteiger partial charge in [0.15, 0.2) is 0 Å². The van der Waals surface area contributed by atoms with Crippen LogP contribution in [0.4, 0.5) is 0 Å². The monoisotopic (exact) mass is 267 g/mol. The van der Waals surface area contributed by atoms with E-state index in [1.807, 2.05) is 32.0 Å². The van der Waals surface area contributed by atoms with Gasteiger partial charge in [-0.1, -0.05) is 38.5 Å². The number of hydrogen-bond acceptors (Lipinski definition) is 3. The van der Waals surface area contributed by atoms with Gasteiger partial charge in [0, 0.05) is 17.2 Å². The predicted molar refractivity (Wildman–Crippen MR) is 76.0 cm³/mol. The summed E-state index contributed by atoms with van der Waals surface area (Å²) in [4.78, 5) is 12.3. The molecule has 0 fully saturated rings. The molecule has 0 spiro atoms. The van der Waals surface area contributed by atoms with Crippen LogP contribution in [0.1, 0.15) is 20.3 Å². The number of carboxylic acid groups (broad SMARTS) is 1. The first-order chi connectivity index (χ1) is 8.65. The maximum Gasteiger partial charge on any atom is 0.320 e. The van der Waals surface area contributed by atoms with Gasteiger partial charge < -0.3 is 10.4 Å². The predicted octanol–water partition coefficient (Wildman–Crippen LogP) is 2.87. The van der Waals surface area contributed by atoms with Crippen LogP contribution in [0.25, 0.3) is 0 Å². The number of benzene rings is 1. The molecule has 0 aromatic heterocycles. The molecule has 0 aliphatic carbocycles. The Balaban J connectivity index is 2.29. The molecule has 0 radical (unpaired) electrons. The van der Waals surface area contributed by atoms with Crippen LogP contribution in [0, 0.1) is 5.92 Å². The van der Waals surface area contributed by atoms with Crippen molar-refractivity contribution in [1.82, 2.24) is 5.32 Å². The number of aliphatic carboxylic acids is 1. The van der Waals surface area contributed by atoms with Gasteiger partial charge in [-0.25, -0.2) is 0 Å². The highest BCUT2D eigenvalue weighted by atomic mass is 32.2. The van der Waals surface area contributed by atoms with E-state index in [1.54, 1.807) is 11.8 Å². The van der Waals surface area contributed by atoms with E-state index in [0.717, 1.165) is 12.2 Å². The van der Waals surface area contributed by atoms with Crippen molar-refractivity contribution in [3.05, 3.63) is 30.3 Å². The van der Waals surface area contributed by atoms with Crippen molar-refractivity contribution < 1.29 is 9.90 Å². The SMILES string of the molecule is CC[C@H](C)[C@H](NCCSc1ccccc1)C(=O)O. The quantitative estimate of drug-likeness (QED) is 0.562. The van der Waals surface area contributed by atoms with Gasteiger partial charge in [0.2, 0.25) is 0 Å². The lowest BCUT2D eigenvalue weighted by molar-refractivity contribution is -0.140. The van der Waals surface area contributed by atoms with Crippen molar-refractivity contribution in [3.8, 4) is 0 Å². The summed E-state index contributed by atoms with van der Waals surface area (Å²) in [6.07, 6.45) is 0.871. The summed E-state index contributed by atoms with van der Waals surface area (Å²) in [5.74, 6) is 0.280. The molecular weight excluding hydrogens is 246 g/mol. The Morgan fingerprint density at radius 3 is 2.61 bits per heavy atom. The molecule has 1 rings (SSSR count). The van der Waals surface area contributed by atoms with Gasteiger partial charge in [-0.15, -0.1) is 11.8 Å². The maximum atomic E-state index is 11.1. The van der Waals surface area contributed by atoms with E-state index in [2.05, 4.69) is 17.4 Å². The zero-order valence-electron chi connectivity index (χ0n) is 10.9. The number of carbonyl (C=O) groups is 1. The van der Waals surface area contributed by atoms with Crippen molar-refractivity contribution in [2.45, 2.75) is 31.2 Å². The third kappa shape index (κ3) is 5.10. The van der Waals surface area contributed by atoms with Crippen LogP contribution in [-0.4, -0.2) is 29.4 Å². The van der Waals surface area contributed by atoms with Crippen LogP contribution in [-0.2, 0) is 4.79 Å². The van der Waals surface area contributed by atoms with Gasteiger partial charge in [0.1, 0.15) is 6.04 Å². The first kappa shape index (κ1) is 15.1. The van der Waals surface area contributed by atoms with Crippen LogP contribution in [0.5, 0.6) is 0 Å². The Morgan fingerprint density at radius 1 is 1.39 bits per heavy atom. The maximum absolute atomic E-state index is 11.1. The standard InChI is InChI=1S/C14H21NO2S/c1-3-11(2)13(14(16)17)15-9-10-18-12-7-5-4-6-8-12/h4-8,11,13,15H,3,9-10H2,1-2H3,(H,16,17)/t11-,13-/m0/s1. The summed E-state index contributed by atoms with van der Waals surface area (Å²) >= 11 is 1.74. The van der Waals surface area contributed by atoms with E-state index in [9.17, 15) is 4.79 Å². The Labute approximate surface area is 113 Å². The number of hydrogen-bond donors (Lipinski definition) is 2. The fraction of sp³-hybridized carbons (Fsp3) is 0.500. The molecule has 18 heavy (non-hydrogen) atoms. The summed E-state index contributed by atoms with van der Waals surface area (Å²) in [6.45, 7) is 4.69. The van der Waals surface area contributed by atoms with Gasteiger partial charge >= 0.3 is 5.97 Å². The minimum atomic E-state index is -0.755. The average Bonchev–Trinajstić information content (AvgIpc) is 2.38. The van der Waals surface area contributed by atoms with E-state index in [-0.39, 0.29) is 5.92 Å². The highest BCUT2D eigenvalue weighted by Gasteiger charge is 2.22. The Morgan fingerprint density at radius 2 is 2.06 bits per heavy atom. The second-order valence-corrected chi connectivity index (χ2v) is 5.49. The molecule has 0 aliphatic rings. The summed E-state index contributed by atoms with van der Waals surface area (Å²) in [6, 6.07) is 9.70. The van der Waals surface area contributed by atoms with E-state index in [4.69, 9.17) is 5.11 Å². The summed E-state index contributed by atoms with van der Waals surface area (Å²) in [7, 11) is 0. The van der Waals surface area contributed by atoms with Crippen molar-refractivity contribution in [3.63, 3.8) is 0 Å². The summed E-state index contributed by atoms with van der Waals surface area (Å²) in [5.41, 5.74) is 0. The molecule has 0 amide bonds. The number of rotatable bonds is 8. The molecule has 2 N–H and O–H groups in total. The fourth-order valence-corrected chi connectivity index (χ4v) is 2.47. The van der Waals surface area contributed by atoms with Crippen LogP contribution in [0.3, 0.4) is 0 Å². The first-order valence-electron chi connectivity index (χ1n) is 6.29. The van der Waals surface area contributed by atoms with Crippen LogP contribution in [0.15, 0.2) is 35.2 Å². The van der Waals surface area contributed by atoms with E-state index >= 15 is 0 Å². The van der Waals surface area contributed by atoms with Gasteiger partial charge in [-0.2, -0.15) is 0 Å². The number of carboxylic acids is 1. The number of thioether (sulfide) groups is 1. The molecule has 0 aliphatic heterocycles. The highest BCUT2D eigenvalue weighted by Crippen LogP contribution is 2.16. The van der Waals surface area contributed by atoms with E-state index in [1.165, 1.54) is 4.90 Å². The normalized spacial score (nSPS) is 14.1. The molecule has 0 bridgehead atoms. The molecule has 4 heteroatoms. The second-order valence-electron chi connectivity index (χ2n) is 4.32. The lowest BCUT2D eigenvalue weighted by Gasteiger charge is -2.19. The molecule has 0 unspecified atom stereocenters. The van der Waals surface area contributed by atoms with Gasteiger partial charge in [0.25, 0.3) is 0 Å². The molecular formula is C14H21NO2S. The van der Waals surface area contributed by atoms with Crippen molar-refractivity contribution in [2.24, 2.45) is 5.92 Å². The minimum absolute atomic E-state index is 0.157. The van der Waals surface area contributed by atoms with Crippen LogP contribution in [0.2, 0.25) is 0 Å². The summed E-state index contributed by atoms with van der Waals surface area (Å²) in [5, 5.41) is 12.2. The average molecular weight is 267 g/mol. The molecule has 2 atom stereocenters. The molecule has 3 nitrogen and oxygen atoms in total. The molecule has 0 heterocycles. The smallest absolute Gasteiger partial charge is 0.320 e. The Hall–Kier alpha value is -1.00. The van der Waals surface area contributed by atoms with Crippen molar-refractivity contribution in [2.75, 3.05) is 12.3 Å². The highest BCUT2D eigenvalue weighted by molar-refractivity contribution is 7.99. The van der Waals surface area contributed by atoms with Gasteiger partial charge in [0.05, 0.1) is 0 Å². The molecule has 1 aromatic rings. The topological polar surface area (TPSA) is 49.3 Å². The Bertz CT molecular complexity index is 356. The number of nitrogens with one attached hydrogen (secondary N) is 1. The van der Waals surface area contributed by atoms with Crippen LogP contribution < -0.4 is 5.32 Å². The molecule has 0 saturated heterocycles. The van der Waals surface area contributed by atoms with Crippen molar-refractivity contribution >= 4 is 17.7 Å². The molecule has 100 valence electrons. The van der Waals surface area contributed by atoms with Crippen molar-refractivity contribution in [1.29, 1.82) is 0 Å². The largest absolute Gasteiger partial charge is 0.480 e. The lowest BCUT2D eigenvalue weighted by Crippen LogP contribution is -2.42. The molecule has 1 aromatic carbocycles. The van der Waals surface area contributed by atoms with E-state index in [0.29, 0.717) is 6.54 Å². The van der Waals surface area contributed by atoms with Crippen LogP contribution >= 0.6 is 11.8 Å². The Kier molecular flexibility index (Phi) is 6.83. The second kappa shape index (κ2) is 8.16. The summed E-state index contributed by atoms with van der Waals surface area (Å²) < 4.78 is 0. The third-order valence-electron chi connectivity index (χ3n) is 2.96. The minimum Gasteiger partial charge on any atom is -0.480 e.